The second-order valence-corrected chi connectivity index (χ2v) is 7.15. The summed E-state index contributed by atoms with van der Waals surface area (Å²) in [6.07, 6.45) is 0.732. The molecule has 0 saturated heterocycles. The predicted molar refractivity (Wildman–Crippen MR) is 73.3 cm³/mol. The van der Waals surface area contributed by atoms with E-state index >= 15 is 0 Å². The Bertz CT molecular complexity index is 181. The SMILES string of the molecule is CN(CCC(C)(C)C)CC(O)COC(C)(C)C. The third-order valence-electron chi connectivity index (χ3n) is 2.47. The van der Waals surface area contributed by atoms with Crippen LogP contribution in [0.15, 0.2) is 0 Å². The van der Waals surface area contributed by atoms with Crippen LogP contribution in [0.25, 0.3) is 0 Å². The molecule has 0 amide bonds. The minimum Gasteiger partial charge on any atom is -0.389 e. The quantitative estimate of drug-likeness (QED) is 0.780. The molecule has 1 N–H and O–H groups in total. The fourth-order valence-corrected chi connectivity index (χ4v) is 1.38. The zero-order valence-electron chi connectivity index (χ0n) is 12.7. The highest BCUT2D eigenvalue weighted by molar-refractivity contribution is 4.68. The molecule has 3 nitrogen and oxygen atoms in total. The van der Waals surface area contributed by atoms with E-state index < -0.39 is 6.10 Å². The van der Waals surface area contributed by atoms with Crippen LogP contribution in [0.3, 0.4) is 0 Å². The van der Waals surface area contributed by atoms with Crippen molar-refractivity contribution in [2.75, 3.05) is 26.7 Å². The molecule has 1 unspecified atom stereocenters. The average molecular weight is 245 g/mol. The van der Waals surface area contributed by atoms with Gasteiger partial charge in [0.1, 0.15) is 0 Å². The molecule has 0 aliphatic carbocycles. The largest absolute Gasteiger partial charge is 0.389 e. The van der Waals surface area contributed by atoms with E-state index in [9.17, 15) is 5.11 Å². The first-order valence-corrected chi connectivity index (χ1v) is 6.50. The van der Waals surface area contributed by atoms with Crippen molar-refractivity contribution in [1.82, 2.24) is 4.90 Å². The molecule has 0 fully saturated rings. The maximum absolute atomic E-state index is 9.85. The van der Waals surface area contributed by atoms with Crippen molar-refractivity contribution in [3.63, 3.8) is 0 Å². The molecule has 0 rings (SSSR count). The van der Waals surface area contributed by atoms with Crippen LogP contribution in [0.1, 0.15) is 48.0 Å². The van der Waals surface area contributed by atoms with Gasteiger partial charge in [-0.2, -0.15) is 0 Å². The number of nitrogens with zero attached hydrogens (tertiary/aromatic N) is 1. The van der Waals surface area contributed by atoms with E-state index in [-0.39, 0.29) is 5.60 Å². The Morgan fingerprint density at radius 3 is 2.06 bits per heavy atom. The Kier molecular flexibility index (Phi) is 6.67. The lowest BCUT2D eigenvalue weighted by Gasteiger charge is -2.27. The number of rotatable bonds is 6. The van der Waals surface area contributed by atoms with E-state index in [1.165, 1.54) is 0 Å². The first kappa shape index (κ1) is 16.9. The summed E-state index contributed by atoms with van der Waals surface area (Å²) >= 11 is 0. The van der Waals surface area contributed by atoms with Crippen LogP contribution >= 0.6 is 0 Å². The molecule has 0 bridgehead atoms. The molecule has 0 spiro atoms. The van der Waals surface area contributed by atoms with Gasteiger partial charge in [0, 0.05) is 6.54 Å². The van der Waals surface area contributed by atoms with E-state index in [1.54, 1.807) is 0 Å². The Morgan fingerprint density at radius 2 is 1.65 bits per heavy atom. The van der Waals surface area contributed by atoms with Crippen LogP contribution in [-0.4, -0.2) is 48.5 Å². The van der Waals surface area contributed by atoms with Gasteiger partial charge >= 0.3 is 0 Å². The lowest BCUT2D eigenvalue weighted by molar-refractivity contribution is -0.0549. The van der Waals surface area contributed by atoms with Gasteiger partial charge in [-0.05, 0) is 46.2 Å². The summed E-state index contributed by atoms with van der Waals surface area (Å²) in [5, 5.41) is 9.85. The summed E-state index contributed by atoms with van der Waals surface area (Å²) in [7, 11) is 2.05. The first-order chi connectivity index (χ1) is 7.49. The van der Waals surface area contributed by atoms with Crippen molar-refractivity contribution < 1.29 is 9.84 Å². The molecule has 17 heavy (non-hydrogen) atoms. The molecule has 0 radical (unpaired) electrons. The average Bonchev–Trinajstić information content (AvgIpc) is 2.09. The van der Waals surface area contributed by atoms with Crippen LogP contribution in [0.4, 0.5) is 0 Å². The topological polar surface area (TPSA) is 32.7 Å². The van der Waals surface area contributed by atoms with E-state index in [4.69, 9.17) is 4.74 Å². The standard InChI is InChI=1S/C14H31NO2/c1-13(2,3)8-9-15(7)10-12(16)11-17-14(4,5)6/h12,16H,8-11H2,1-7H3. The number of aliphatic hydroxyl groups excluding tert-OH is 1. The summed E-state index contributed by atoms with van der Waals surface area (Å²) in [4.78, 5) is 2.17. The second-order valence-electron chi connectivity index (χ2n) is 7.15. The molecule has 0 heterocycles. The van der Waals surface area contributed by atoms with Crippen LogP contribution in [0.5, 0.6) is 0 Å². The molecular formula is C14H31NO2. The molecule has 1 atom stereocenters. The zero-order chi connectivity index (χ0) is 13.7. The Hall–Kier alpha value is -0.120. The number of ether oxygens (including phenoxy) is 1. The first-order valence-electron chi connectivity index (χ1n) is 6.50. The maximum Gasteiger partial charge on any atom is 0.0900 e. The number of hydrogen-bond donors (Lipinski definition) is 1. The van der Waals surface area contributed by atoms with Gasteiger partial charge < -0.3 is 14.7 Å². The Balaban J connectivity index is 3.77. The van der Waals surface area contributed by atoms with Crippen molar-refractivity contribution in [2.45, 2.75) is 59.7 Å². The van der Waals surface area contributed by atoms with Crippen molar-refractivity contribution in [2.24, 2.45) is 5.41 Å². The molecule has 0 aliphatic rings. The normalized spacial score (nSPS) is 15.4. The third kappa shape index (κ3) is 12.1. The maximum atomic E-state index is 9.85. The molecule has 0 aromatic carbocycles. The fraction of sp³-hybridized carbons (Fsp3) is 1.00. The Labute approximate surface area is 107 Å². The van der Waals surface area contributed by atoms with Crippen molar-refractivity contribution >= 4 is 0 Å². The van der Waals surface area contributed by atoms with Crippen molar-refractivity contribution in [3.8, 4) is 0 Å². The molecule has 3 heteroatoms. The predicted octanol–water partition coefficient (Wildman–Crippen LogP) is 2.53. The summed E-state index contributed by atoms with van der Waals surface area (Å²) in [5.41, 5.74) is 0.173. The van der Waals surface area contributed by atoms with E-state index in [2.05, 4.69) is 25.7 Å². The highest BCUT2D eigenvalue weighted by atomic mass is 16.5. The second kappa shape index (κ2) is 6.72. The summed E-state index contributed by atoms with van der Waals surface area (Å²) in [5.74, 6) is 0. The molecule has 0 saturated carbocycles. The van der Waals surface area contributed by atoms with Crippen molar-refractivity contribution in [1.29, 1.82) is 0 Å². The fourth-order valence-electron chi connectivity index (χ4n) is 1.38. The molecule has 104 valence electrons. The van der Waals surface area contributed by atoms with Gasteiger partial charge in [0.05, 0.1) is 18.3 Å². The minimum atomic E-state index is -0.404. The highest BCUT2D eigenvalue weighted by Crippen LogP contribution is 2.18. The highest BCUT2D eigenvalue weighted by Gasteiger charge is 2.16. The lowest BCUT2D eigenvalue weighted by atomic mass is 9.92. The van der Waals surface area contributed by atoms with E-state index in [0.717, 1.165) is 13.0 Å². The number of likely N-dealkylation sites (N-methyl/N-ethyl adjacent to an activating group) is 1. The van der Waals surface area contributed by atoms with Crippen LogP contribution in [0, 0.1) is 5.41 Å². The van der Waals surface area contributed by atoms with Gasteiger partial charge in [0.2, 0.25) is 0 Å². The third-order valence-corrected chi connectivity index (χ3v) is 2.47. The van der Waals surface area contributed by atoms with Crippen LogP contribution in [0.2, 0.25) is 0 Å². The summed E-state index contributed by atoms with van der Waals surface area (Å²) < 4.78 is 5.56. The molecule has 0 aromatic rings. The van der Waals surface area contributed by atoms with Gasteiger partial charge in [0.15, 0.2) is 0 Å². The molecule has 0 aliphatic heterocycles. The van der Waals surface area contributed by atoms with Crippen molar-refractivity contribution in [3.05, 3.63) is 0 Å². The van der Waals surface area contributed by atoms with Gasteiger partial charge in [0.25, 0.3) is 0 Å². The van der Waals surface area contributed by atoms with Crippen LogP contribution < -0.4 is 0 Å². The zero-order valence-corrected chi connectivity index (χ0v) is 12.7. The monoisotopic (exact) mass is 245 g/mol. The Morgan fingerprint density at radius 1 is 1.12 bits per heavy atom. The summed E-state index contributed by atoms with van der Waals surface area (Å²) in [6.45, 7) is 14.8. The number of hydrogen-bond acceptors (Lipinski definition) is 3. The minimum absolute atomic E-state index is 0.176. The van der Waals surface area contributed by atoms with Crippen LogP contribution in [-0.2, 0) is 4.74 Å². The summed E-state index contributed by atoms with van der Waals surface area (Å²) in [6, 6.07) is 0. The lowest BCUT2D eigenvalue weighted by Crippen LogP contribution is -2.36. The van der Waals surface area contributed by atoms with Gasteiger partial charge in [-0.3, -0.25) is 0 Å². The molecular weight excluding hydrogens is 214 g/mol. The van der Waals surface area contributed by atoms with E-state index in [1.807, 2.05) is 27.8 Å². The molecule has 0 aromatic heterocycles. The van der Waals surface area contributed by atoms with E-state index in [0.29, 0.717) is 18.6 Å². The van der Waals surface area contributed by atoms with Gasteiger partial charge in [-0.15, -0.1) is 0 Å². The van der Waals surface area contributed by atoms with Gasteiger partial charge in [-0.25, -0.2) is 0 Å². The number of aliphatic hydroxyl groups is 1. The smallest absolute Gasteiger partial charge is 0.0900 e. The van der Waals surface area contributed by atoms with Gasteiger partial charge in [-0.1, -0.05) is 20.8 Å².